The molecule has 2 aromatic rings. The summed E-state index contributed by atoms with van der Waals surface area (Å²) in [7, 11) is 0. The van der Waals surface area contributed by atoms with Crippen molar-refractivity contribution in [3.63, 3.8) is 0 Å². The summed E-state index contributed by atoms with van der Waals surface area (Å²) in [5.74, 6) is 0.159. The van der Waals surface area contributed by atoms with Crippen LogP contribution in [0, 0.1) is 20.8 Å². The summed E-state index contributed by atoms with van der Waals surface area (Å²) in [4.78, 5) is 38.5. The lowest BCUT2D eigenvalue weighted by molar-refractivity contribution is -0.139. The summed E-state index contributed by atoms with van der Waals surface area (Å²) < 4.78 is 5.87. The number of aryl methyl sites for hydroxylation is 3. The molecule has 154 valence electrons. The molecule has 2 aromatic heterocycles. The van der Waals surface area contributed by atoms with Gasteiger partial charge in [0.25, 0.3) is 0 Å². The molecule has 29 heavy (non-hydrogen) atoms. The molecule has 1 atom stereocenters. The van der Waals surface area contributed by atoms with Gasteiger partial charge in [0.2, 0.25) is 17.8 Å². The summed E-state index contributed by atoms with van der Waals surface area (Å²) in [5, 5.41) is 5.77. The Morgan fingerprint density at radius 3 is 2.48 bits per heavy atom. The van der Waals surface area contributed by atoms with Crippen LogP contribution in [0.1, 0.15) is 35.8 Å². The van der Waals surface area contributed by atoms with Crippen molar-refractivity contribution in [3.8, 4) is 0 Å². The van der Waals surface area contributed by atoms with Crippen molar-refractivity contribution in [2.45, 2.75) is 33.8 Å². The van der Waals surface area contributed by atoms with Gasteiger partial charge >= 0.3 is 0 Å². The van der Waals surface area contributed by atoms with E-state index in [-0.39, 0.29) is 24.5 Å². The normalized spacial score (nSPS) is 16.4. The predicted molar refractivity (Wildman–Crippen MR) is 108 cm³/mol. The van der Waals surface area contributed by atoms with E-state index in [1.165, 1.54) is 6.92 Å². The number of morpholine rings is 1. The Kier molecular flexibility index (Phi) is 6.38. The second-order valence-corrected chi connectivity index (χ2v) is 7.13. The molecule has 3 rings (SSSR count). The lowest BCUT2D eigenvalue weighted by atomic mass is 10.1. The fourth-order valence-electron chi connectivity index (χ4n) is 3.21. The van der Waals surface area contributed by atoms with Crippen LogP contribution in [0.25, 0.3) is 0 Å². The average Bonchev–Trinajstić information content (AvgIpc) is 2.65. The Labute approximate surface area is 169 Å². The number of hydrogen-bond donors (Lipinski definition) is 2. The molecule has 0 spiro atoms. The van der Waals surface area contributed by atoms with Gasteiger partial charge in [-0.15, -0.1) is 0 Å². The minimum atomic E-state index is -0.342. The van der Waals surface area contributed by atoms with Crippen molar-refractivity contribution in [1.82, 2.24) is 25.2 Å². The Balaban J connectivity index is 1.74. The zero-order valence-electron chi connectivity index (χ0n) is 17.2. The van der Waals surface area contributed by atoms with Crippen LogP contribution < -0.4 is 10.6 Å². The quantitative estimate of drug-likeness (QED) is 0.787. The van der Waals surface area contributed by atoms with E-state index in [1.807, 2.05) is 39.0 Å². The number of carbonyl (C=O) groups is 2. The van der Waals surface area contributed by atoms with E-state index in [1.54, 1.807) is 4.90 Å². The molecule has 0 radical (unpaired) electrons. The van der Waals surface area contributed by atoms with Crippen molar-refractivity contribution >= 4 is 23.5 Å². The van der Waals surface area contributed by atoms with E-state index in [0.29, 0.717) is 25.6 Å². The van der Waals surface area contributed by atoms with Gasteiger partial charge in [-0.05, 0) is 39.0 Å². The topological polar surface area (TPSA) is 109 Å². The Morgan fingerprint density at radius 1 is 1.10 bits per heavy atom. The van der Waals surface area contributed by atoms with E-state index in [0.717, 1.165) is 28.5 Å². The van der Waals surface area contributed by atoms with E-state index < -0.39 is 0 Å². The second-order valence-electron chi connectivity index (χ2n) is 7.13. The number of pyridine rings is 1. The van der Waals surface area contributed by atoms with Gasteiger partial charge in [-0.25, -0.2) is 9.97 Å². The van der Waals surface area contributed by atoms with Crippen LogP contribution in [0.15, 0.2) is 18.2 Å². The molecule has 3 heterocycles. The van der Waals surface area contributed by atoms with Gasteiger partial charge in [0.1, 0.15) is 6.10 Å². The second kappa shape index (κ2) is 8.95. The number of hydrogen-bond acceptors (Lipinski definition) is 7. The molecule has 0 aliphatic carbocycles. The molecule has 9 heteroatoms. The van der Waals surface area contributed by atoms with Crippen LogP contribution >= 0.6 is 0 Å². The van der Waals surface area contributed by atoms with Gasteiger partial charge in [0.05, 0.1) is 25.4 Å². The molecular weight excluding hydrogens is 372 g/mol. The maximum Gasteiger partial charge on any atom is 0.242 e. The number of rotatable bonds is 5. The van der Waals surface area contributed by atoms with Gasteiger partial charge in [-0.3, -0.25) is 14.6 Å². The Hall–Kier alpha value is -3.07. The first-order valence-corrected chi connectivity index (χ1v) is 9.52. The zero-order chi connectivity index (χ0) is 21.0. The van der Waals surface area contributed by atoms with Crippen molar-refractivity contribution in [2.24, 2.45) is 0 Å². The van der Waals surface area contributed by atoms with Gasteiger partial charge in [-0.1, -0.05) is 0 Å². The van der Waals surface area contributed by atoms with Crippen LogP contribution in [0.4, 0.5) is 11.6 Å². The first-order valence-electron chi connectivity index (χ1n) is 9.52. The smallest absolute Gasteiger partial charge is 0.242 e. The monoisotopic (exact) mass is 398 g/mol. The van der Waals surface area contributed by atoms with Gasteiger partial charge in [-0.2, -0.15) is 0 Å². The molecule has 1 saturated heterocycles. The van der Waals surface area contributed by atoms with Gasteiger partial charge in [0, 0.05) is 36.2 Å². The van der Waals surface area contributed by atoms with Crippen LogP contribution in [0.2, 0.25) is 0 Å². The van der Waals surface area contributed by atoms with Crippen molar-refractivity contribution < 1.29 is 14.3 Å². The van der Waals surface area contributed by atoms with Gasteiger partial charge < -0.3 is 20.3 Å². The molecule has 1 aliphatic heterocycles. The maximum atomic E-state index is 12.3. The maximum absolute atomic E-state index is 12.3. The summed E-state index contributed by atoms with van der Waals surface area (Å²) >= 11 is 0. The minimum absolute atomic E-state index is 0.0137. The van der Waals surface area contributed by atoms with E-state index in [4.69, 9.17) is 4.74 Å². The van der Waals surface area contributed by atoms with Crippen LogP contribution in [0.3, 0.4) is 0 Å². The summed E-state index contributed by atoms with van der Waals surface area (Å²) in [6.07, 6.45) is -0.342. The molecule has 0 saturated carbocycles. The number of nitrogens with zero attached hydrogens (tertiary/aromatic N) is 4. The molecule has 1 fully saturated rings. The van der Waals surface area contributed by atoms with Crippen molar-refractivity contribution in [3.05, 3.63) is 41.0 Å². The Bertz CT molecular complexity index is 897. The van der Waals surface area contributed by atoms with Crippen LogP contribution in [-0.2, 0) is 14.3 Å². The molecule has 0 aromatic carbocycles. The van der Waals surface area contributed by atoms with Gasteiger partial charge in [0.15, 0.2) is 0 Å². The zero-order valence-corrected chi connectivity index (χ0v) is 17.2. The highest BCUT2D eigenvalue weighted by Crippen LogP contribution is 2.25. The molecule has 9 nitrogen and oxygen atoms in total. The fourth-order valence-corrected chi connectivity index (χ4v) is 3.21. The standard InChI is InChI=1S/C20H26N6O3/c1-12-7-13(2)24-20(23-12)25-16-8-14(3)22-17(9-16)18-11-26(5-6-29-18)19(28)10-21-15(4)27/h7-9,18H,5-6,10-11H2,1-4H3,(H,21,27)(H,22,23,24,25)/t18-/m1/s1. The van der Waals surface area contributed by atoms with Crippen LogP contribution in [0.5, 0.6) is 0 Å². The highest BCUT2D eigenvalue weighted by molar-refractivity contribution is 5.83. The fraction of sp³-hybridized carbons (Fsp3) is 0.450. The summed E-state index contributed by atoms with van der Waals surface area (Å²) in [6.45, 7) is 8.41. The predicted octanol–water partition coefficient (Wildman–Crippen LogP) is 1.58. The van der Waals surface area contributed by atoms with E-state index in [2.05, 4.69) is 25.6 Å². The Morgan fingerprint density at radius 2 is 1.79 bits per heavy atom. The highest BCUT2D eigenvalue weighted by atomic mass is 16.5. The first kappa shape index (κ1) is 20.7. The summed E-state index contributed by atoms with van der Waals surface area (Å²) in [6, 6.07) is 5.71. The molecule has 0 bridgehead atoms. The number of aromatic nitrogens is 3. The first-order chi connectivity index (χ1) is 13.8. The largest absolute Gasteiger partial charge is 0.368 e. The number of amides is 2. The third-order valence-corrected chi connectivity index (χ3v) is 4.45. The van der Waals surface area contributed by atoms with Crippen molar-refractivity contribution in [2.75, 3.05) is 31.6 Å². The number of nitrogens with one attached hydrogen (secondary N) is 2. The van der Waals surface area contributed by atoms with E-state index in [9.17, 15) is 9.59 Å². The molecular formula is C20H26N6O3. The van der Waals surface area contributed by atoms with Crippen LogP contribution in [-0.4, -0.2) is 57.9 Å². The van der Waals surface area contributed by atoms with E-state index >= 15 is 0 Å². The number of carbonyl (C=O) groups excluding carboxylic acids is 2. The van der Waals surface area contributed by atoms with Crippen molar-refractivity contribution in [1.29, 1.82) is 0 Å². The number of anilines is 2. The molecule has 0 unspecified atom stereocenters. The summed E-state index contributed by atoms with van der Waals surface area (Å²) in [5.41, 5.74) is 4.13. The lowest BCUT2D eigenvalue weighted by Crippen LogP contribution is -2.46. The third-order valence-electron chi connectivity index (χ3n) is 4.45. The lowest BCUT2D eigenvalue weighted by Gasteiger charge is -2.33. The molecule has 1 aliphatic rings. The average molecular weight is 398 g/mol. The SMILES string of the molecule is CC(=O)NCC(=O)N1CCO[C@@H](c2cc(Nc3nc(C)cc(C)n3)cc(C)n2)C1. The molecule has 2 amide bonds. The highest BCUT2D eigenvalue weighted by Gasteiger charge is 2.26. The number of ether oxygens (including phenoxy) is 1. The molecule has 2 N–H and O–H groups in total. The third kappa shape index (κ3) is 5.71. The minimum Gasteiger partial charge on any atom is -0.368 e.